The van der Waals surface area contributed by atoms with Crippen LogP contribution in [-0.2, 0) is 0 Å². The number of rotatable bonds is 7. The summed E-state index contributed by atoms with van der Waals surface area (Å²) in [4.78, 5) is 7.79. The molecule has 0 fully saturated rings. The molecule has 0 saturated heterocycles. The van der Waals surface area contributed by atoms with Crippen LogP contribution in [0.2, 0.25) is 0 Å². The molecule has 2 N–H and O–H groups in total. The van der Waals surface area contributed by atoms with Crippen LogP contribution in [0.25, 0.3) is 28.1 Å². The number of hydrogen-bond acceptors (Lipinski definition) is 5. The number of hydrogen-bond donors (Lipinski definition) is 2. The normalized spacial score (nSPS) is 11.1. The van der Waals surface area contributed by atoms with E-state index < -0.39 is 0 Å². The summed E-state index contributed by atoms with van der Waals surface area (Å²) in [5.41, 5.74) is 3.70. The third-order valence-electron chi connectivity index (χ3n) is 4.77. The van der Waals surface area contributed by atoms with E-state index in [0.29, 0.717) is 6.54 Å². The quantitative estimate of drug-likeness (QED) is 0.276. The number of thioether (sulfide) groups is 1. The van der Waals surface area contributed by atoms with E-state index in [4.69, 9.17) is 0 Å². The smallest absolute Gasteiger partial charge is 0.201 e. The molecule has 0 aliphatic carbocycles. The van der Waals surface area contributed by atoms with Crippen molar-refractivity contribution in [1.82, 2.24) is 24.7 Å². The molecule has 3 aromatic carbocycles. The van der Waals surface area contributed by atoms with Gasteiger partial charge < -0.3 is 10.3 Å². The lowest BCUT2D eigenvalue weighted by Gasteiger charge is -2.10. The maximum Gasteiger partial charge on any atom is 0.201 e. The number of nitrogens with one attached hydrogen (secondary N) is 2. The molecule has 31 heavy (non-hydrogen) atoms. The minimum atomic E-state index is -0.276. The molecule has 0 unspecified atom stereocenters. The molecule has 0 aliphatic heterocycles. The summed E-state index contributed by atoms with van der Waals surface area (Å²) in [5.74, 6) is 1.94. The molecule has 154 valence electrons. The van der Waals surface area contributed by atoms with Gasteiger partial charge in [0.2, 0.25) is 5.95 Å². The first kappa shape index (κ1) is 19.3. The topological polar surface area (TPSA) is 71.4 Å². The molecule has 8 heteroatoms. The highest BCUT2D eigenvalue weighted by Gasteiger charge is 2.16. The van der Waals surface area contributed by atoms with Gasteiger partial charge in [0, 0.05) is 23.5 Å². The second-order valence-electron chi connectivity index (χ2n) is 6.86. The summed E-state index contributed by atoms with van der Waals surface area (Å²) in [6.07, 6.45) is 0. The average Bonchev–Trinajstić information content (AvgIpc) is 3.42. The summed E-state index contributed by atoms with van der Waals surface area (Å²) in [5, 5.41) is 12.9. The Morgan fingerprint density at radius 1 is 0.903 bits per heavy atom. The van der Waals surface area contributed by atoms with Crippen molar-refractivity contribution in [2.45, 2.75) is 5.16 Å². The van der Waals surface area contributed by atoms with E-state index in [1.165, 1.54) is 12.1 Å². The Morgan fingerprint density at radius 2 is 1.68 bits per heavy atom. The van der Waals surface area contributed by atoms with Crippen LogP contribution in [0, 0.1) is 5.82 Å². The average molecular weight is 431 g/mol. The lowest BCUT2D eigenvalue weighted by Crippen LogP contribution is -2.06. The Kier molecular flexibility index (Phi) is 5.37. The van der Waals surface area contributed by atoms with Crippen LogP contribution in [0.1, 0.15) is 0 Å². The number of imidazole rings is 1. The lowest BCUT2D eigenvalue weighted by atomic mass is 10.2. The molecule has 0 spiro atoms. The summed E-state index contributed by atoms with van der Waals surface area (Å²) in [6, 6.07) is 24.1. The fourth-order valence-corrected chi connectivity index (χ4v) is 4.12. The van der Waals surface area contributed by atoms with Crippen molar-refractivity contribution in [3.05, 3.63) is 84.7 Å². The number of halogens is 1. The highest BCUT2D eigenvalue weighted by atomic mass is 32.2. The van der Waals surface area contributed by atoms with Crippen molar-refractivity contribution in [3.8, 4) is 17.1 Å². The van der Waals surface area contributed by atoms with Gasteiger partial charge in [-0.15, -0.1) is 10.2 Å². The highest BCUT2D eigenvalue weighted by molar-refractivity contribution is 7.99. The summed E-state index contributed by atoms with van der Waals surface area (Å²) >= 11 is 1.58. The van der Waals surface area contributed by atoms with Crippen molar-refractivity contribution >= 4 is 28.7 Å². The van der Waals surface area contributed by atoms with Crippen molar-refractivity contribution < 1.29 is 4.39 Å². The van der Waals surface area contributed by atoms with E-state index in [1.807, 2.05) is 59.2 Å². The van der Waals surface area contributed by atoms with Crippen molar-refractivity contribution in [2.75, 3.05) is 17.6 Å². The van der Waals surface area contributed by atoms with Gasteiger partial charge in [-0.1, -0.05) is 54.2 Å². The maximum atomic E-state index is 13.5. The Labute approximate surface area is 182 Å². The van der Waals surface area contributed by atoms with Crippen LogP contribution >= 0.6 is 11.8 Å². The Balaban J connectivity index is 1.34. The molecule has 0 saturated carbocycles. The van der Waals surface area contributed by atoms with E-state index in [1.54, 1.807) is 23.9 Å². The molecule has 0 bridgehead atoms. The minimum Gasteiger partial charge on any atom is -0.355 e. The third-order valence-corrected chi connectivity index (χ3v) is 5.70. The monoisotopic (exact) mass is 430 g/mol. The number of para-hydroxylation sites is 2. The molecule has 5 rings (SSSR count). The number of anilines is 1. The molecular weight excluding hydrogens is 411 g/mol. The van der Waals surface area contributed by atoms with Gasteiger partial charge in [0.05, 0.1) is 11.0 Å². The van der Waals surface area contributed by atoms with E-state index in [9.17, 15) is 4.39 Å². The van der Waals surface area contributed by atoms with Crippen LogP contribution in [0.3, 0.4) is 0 Å². The van der Waals surface area contributed by atoms with Crippen molar-refractivity contribution in [2.24, 2.45) is 0 Å². The zero-order chi connectivity index (χ0) is 21.0. The second kappa shape index (κ2) is 8.61. The number of aromatic amines is 1. The molecule has 0 atom stereocenters. The number of fused-ring (bicyclic) bond motifs is 1. The van der Waals surface area contributed by atoms with Gasteiger partial charge in [0.1, 0.15) is 5.82 Å². The van der Waals surface area contributed by atoms with E-state index >= 15 is 0 Å². The first-order valence-corrected chi connectivity index (χ1v) is 10.8. The molecule has 0 radical (unpaired) electrons. The molecule has 0 aliphatic rings. The number of aromatic nitrogens is 5. The predicted octanol–water partition coefficient (Wildman–Crippen LogP) is 5.15. The molecule has 0 amide bonds. The molecular formula is C23H19FN6S. The molecule has 5 aromatic rings. The van der Waals surface area contributed by atoms with E-state index in [0.717, 1.165) is 45.0 Å². The van der Waals surface area contributed by atoms with Gasteiger partial charge in [-0.05, 0) is 36.4 Å². The van der Waals surface area contributed by atoms with E-state index in [2.05, 4.69) is 25.5 Å². The first-order valence-electron chi connectivity index (χ1n) is 9.86. The zero-order valence-corrected chi connectivity index (χ0v) is 17.3. The summed E-state index contributed by atoms with van der Waals surface area (Å²) in [7, 11) is 0. The SMILES string of the molecule is Fc1ccc(-n2c(SCCNc3nc4ccccc4[nH]3)nnc2-c2ccccc2)cc1. The second-order valence-corrected chi connectivity index (χ2v) is 7.92. The van der Waals surface area contributed by atoms with Gasteiger partial charge in [-0.3, -0.25) is 4.57 Å². The Morgan fingerprint density at radius 3 is 2.48 bits per heavy atom. The largest absolute Gasteiger partial charge is 0.355 e. The fourth-order valence-electron chi connectivity index (χ4n) is 3.31. The van der Waals surface area contributed by atoms with Gasteiger partial charge in [0.25, 0.3) is 0 Å². The maximum absolute atomic E-state index is 13.5. The Bertz CT molecular complexity index is 1260. The minimum absolute atomic E-state index is 0.276. The van der Waals surface area contributed by atoms with Gasteiger partial charge in [0.15, 0.2) is 11.0 Å². The third kappa shape index (κ3) is 4.15. The summed E-state index contributed by atoms with van der Waals surface area (Å²) in [6.45, 7) is 0.696. The number of nitrogens with zero attached hydrogens (tertiary/aromatic N) is 4. The lowest BCUT2D eigenvalue weighted by molar-refractivity contribution is 0.627. The van der Waals surface area contributed by atoms with Crippen LogP contribution in [-0.4, -0.2) is 37.0 Å². The van der Waals surface area contributed by atoms with Gasteiger partial charge >= 0.3 is 0 Å². The van der Waals surface area contributed by atoms with Crippen molar-refractivity contribution in [1.29, 1.82) is 0 Å². The molecule has 2 heterocycles. The van der Waals surface area contributed by atoms with Gasteiger partial charge in [-0.25, -0.2) is 9.37 Å². The first-order chi connectivity index (χ1) is 15.3. The fraction of sp³-hybridized carbons (Fsp3) is 0.0870. The molecule has 6 nitrogen and oxygen atoms in total. The Hall–Kier alpha value is -3.65. The van der Waals surface area contributed by atoms with Crippen LogP contribution in [0.4, 0.5) is 10.3 Å². The van der Waals surface area contributed by atoms with Crippen molar-refractivity contribution in [3.63, 3.8) is 0 Å². The zero-order valence-electron chi connectivity index (χ0n) is 16.5. The summed E-state index contributed by atoms with van der Waals surface area (Å²) < 4.78 is 15.4. The van der Waals surface area contributed by atoms with Crippen LogP contribution in [0.15, 0.2) is 84.0 Å². The molecule has 2 aromatic heterocycles. The highest BCUT2D eigenvalue weighted by Crippen LogP contribution is 2.28. The number of benzene rings is 3. The van der Waals surface area contributed by atoms with E-state index in [-0.39, 0.29) is 5.82 Å². The van der Waals surface area contributed by atoms with Crippen LogP contribution < -0.4 is 5.32 Å². The predicted molar refractivity (Wildman–Crippen MR) is 122 cm³/mol. The van der Waals surface area contributed by atoms with Gasteiger partial charge in [-0.2, -0.15) is 0 Å². The van der Waals surface area contributed by atoms with Crippen LogP contribution in [0.5, 0.6) is 0 Å². The number of H-pyrrole nitrogens is 1. The standard InChI is InChI=1S/C23H19FN6S/c24-17-10-12-18(13-11-17)30-21(16-6-2-1-3-7-16)28-29-23(30)31-15-14-25-22-26-19-8-4-5-9-20(19)27-22/h1-13H,14-15H2,(H2,25,26,27).